The van der Waals surface area contributed by atoms with Crippen LogP contribution >= 0.6 is 0 Å². The van der Waals surface area contributed by atoms with Gasteiger partial charge in [-0.15, -0.1) is 0 Å². The van der Waals surface area contributed by atoms with Crippen molar-refractivity contribution in [3.05, 3.63) is 63.7 Å². The Balaban J connectivity index is 2.24. The standard InChI is InChI=1S/C26H32O5/c1-8-11-30-23-18(4)14-21(15-19(23)5)22(27)10-9-20-12-16(2)24(17(3)13-20)31-26(6,7)25(28)29/h9-10,12-15H,8,11H2,1-7H3,(H,28,29)/b10-9+. The third-order valence-corrected chi connectivity index (χ3v) is 4.98. The highest BCUT2D eigenvalue weighted by molar-refractivity contribution is 6.07. The predicted molar refractivity (Wildman–Crippen MR) is 123 cm³/mol. The Bertz CT molecular complexity index is 968. The second-order valence-electron chi connectivity index (χ2n) is 8.39. The van der Waals surface area contributed by atoms with Gasteiger partial charge in [0.05, 0.1) is 6.61 Å². The Morgan fingerprint density at radius 3 is 1.94 bits per heavy atom. The van der Waals surface area contributed by atoms with Gasteiger partial charge in [0.1, 0.15) is 11.5 Å². The van der Waals surface area contributed by atoms with Crippen molar-refractivity contribution in [2.45, 2.75) is 60.5 Å². The molecule has 0 atom stereocenters. The lowest BCUT2D eigenvalue weighted by Gasteiger charge is -2.24. The van der Waals surface area contributed by atoms with Crippen LogP contribution in [0.4, 0.5) is 0 Å². The zero-order valence-corrected chi connectivity index (χ0v) is 19.5. The fraction of sp³-hybridized carbons (Fsp3) is 0.385. The number of carbonyl (C=O) groups excluding carboxylic acids is 1. The Morgan fingerprint density at radius 2 is 1.45 bits per heavy atom. The summed E-state index contributed by atoms with van der Waals surface area (Å²) >= 11 is 0. The van der Waals surface area contributed by atoms with Crippen LogP contribution < -0.4 is 9.47 Å². The van der Waals surface area contributed by atoms with Crippen molar-refractivity contribution in [3.63, 3.8) is 0 Å². The zero-order chi connectivity index (χ0) is 23.3. The van der Waals surface area contributed by atoms with E-state index in [9.17, 15) is 14.7 Å². The predicted octanol–water partition coefficient (Wildman–Crippen LogP) is 5.85. The number of ketones is 1. The minimum Gasteiger partial charge on any atom is -0.493 e. The minimum absolute atomic E-state index is 0.0871. The number of benzene rings is 2. The smallest absolute Gasteiger partial charge is 0.347 e. The Morgan fingerprint density at radius 1 is 0.935 bits per heavy atom. The average Bonchev–Trinajstić information content (AvgIpc) is 2.68. The first-order valence-corrected chi connectivity index (χ1v) is 10.5. The first-order valence-electron chi connectivity index (χ1n) is 10.5. The summed E-state index contributed by atoms with van der Waals surface area (Å²) in [6.45, 7) is 13.4. The van der Waals surface area contributed by atoms with Gasteiger partial charge in [-0.2, -0.15) is 0 Å². The molecule has 0 bridgehead atoms. The third-order valence-electron chi connectivity index (χ3n) is 4.98. The third kappa shape index (κ3) is 5.97. The summed E-state index contributed by atoms with van der Waals surface area (Å²) < 4.78 is 11.5. The van der Waals surface area contributed by atoms with Crippen molar-refractivity contribution < 1.29 is 24.2 Å². The number of aliphatic carboxylic acids is 1. The Kier molecular flexibility index (Phi) is 7.66. The molecule has 1 N–H and O–H groups in total. The summed E-state index contributed by atoms with van der Waals surface area (Å²) in [4.78, 5) is 24.1. The average molecular weight is 425 g/mol. The van der Waals surface area contributed by atoms with Crippen LogP contribution in [0.3, 0.4) is 0 Å². The van der Waals surface area contributed by atoms with Crippen molar-refractivity contribution in [2.75, 3.05) is 6.61 Å². The van der Waals surface area contributed by atoms with Crippen molar-refractivity contribution in [1.82, 2.24) is 0 Å². The van der Waals surface area contributed by atoms with Crippen LogP contribution in [0.1, 0.15) is 65.4 Å². The summed E-state index contributed by atoms with van der Waals surface area (Å²) in [5.74, 6) is 0.270. The molecule has 0 aliphatic heterocycles. The molecule has 0 saturated carbocycles. The number of carbonyl (C=O) groups is 2. The van der Waals surface area contributed by atoms with Gasteiger partial charge in [0.15, 0.2) is 11.4 Å². The highest BCUT2D eigenvalue weighted by Crippen LogP contribution is 2.29. The largest absolute Gasteiger partial charge is 0.493 e. The molecule has 0 spiro atoms. The van der Waals surface area contributed by atoms with Gasteiger partial charge in [0.2, 0.25) is 0 Å². The van der Waals surface area contributed by atoms with Gasteiger partial charge in [0, 0.05) is 5.56 Å². The topological polar surface area (TPSA) is 72.8 Å². The van der Waals surface area contributed by atoms with Crippen molar-refractivity contribution >= 4 is 17.8 Å². The van der Waals surface area contributed by atoms with Crippen molar-refractivity contribution in [1.29, 1.82) is 0 Å². The van der Waals surface area contributed by atoms with E-state index in [1.165, 1.54) is 13.8 Å². The van der Waals surface area contributed by atoms with E-state index < -0.39 is 11.6 Å². The molecular formula is C26H32O5. The normalized spacial score (nSPS) is 11.6. The molecule has 2 aromatic rings. The fourth-order valence-corrected chi connectivity index (χ4v) is 3.33. The maximum Gasteiger partial charge on any atom is 0.347 e. The van der Waals surface area contributed by atoms with Crippen LogP contribution in [0.15, 0.2) is 30.3 Å². The van der Waals surface area contributed by atoms with Crippen LogP contribution in [-0.4, -0.2) is 29.1 Å². The highest BCUT2D eigenvalue weighted by atomic mass is 16.5. The molecule has 0 unspecified atom stereocenters. The molecule has 0 saturated heterocycles. The number of allylic oxidation sites excluding steroid dienone is 1. The summed E-state index contributed by atoms with van der Waals surface area (Å²) in [5.41, 5.74) is 3.65. The van der Waals surface area contributed by atoms with Gasteiger partial charge < -0.3 is 14.6 Å². The van der Waals surface area contributed by atoms with Gasteiger partial charge >= 0.3 is 5.97 Å². The van der Waals surface area contributed by atoms with E-state index in [0.29, 0.717) is 17.9 Å². The first kappa shape index (κ1) is 24.2. The summed E-state index contributed by atoms with van der Waals surface area (Å²) in [5, 5.41) is 9.31. The number of ether oxygens (including phenoxy) is 2. The monoisotopic (exact) mass is 424 g/mol. The van der Waals surface area contributed by atoms with Gasteiger partial charge in [0.25, 0.3) is 0 Å². The lowest BCUT2D eigenvalue weighted by molar-refractivity contribution is -0.152. The van der Waals surface area contributed by atoms with E-state index in [1.54, 1.807) is 12.2 Å². The van der Waals surface area contributed by atoms with E-state index in [2.05, 4.69) is 6.92 Å². The maximum absolute atomic E-state index is 12.7. The van der Waals surface area contributed by atoms with Crippen LogP contribution in [0.2, 0.25) is 0 Å². The van der Waals surface area contributed by atoms with Crippen molar-refractivity contribution in [3.8, 4) is 11.5 Å². The number of hydrogen-bond donors (Lipinski definition) is 1. The molecule has 0 heterocycles. The SMILES string of the molecule is CCCOc1c(C)cc(C(=O)/C=C/c2cc(C)c(OC(C)(C)C(=O)O)c(C)c2)cc1C. The van der Waals surface area contributed by atoms with Crippen LogP contribution in [-0.2, 0) is 4.79 Å². The number of hydrogen-bond acceptors (Lipinski definition) is 4. The summed E-state index contributed by atoms with van der Waals surface area (Å²) in [7, 11) is 0. The maximum atomic E-state index is 12.7. The van der Waals surface area contributed by atoms with E-state index in [0.717, 1.165) is 40.0 Å². The number of aryl methyl sites for hydroxylation is 4. The van der Waals surface area contributed by atoms with E-state index in [-0.39, 0.29) is 5.78 Å². The molecule has 2 aromatic carbocycles. The van der Waals surface area contributed by atoms with Gasteiger partial charge in [-0.3, -0.25) is 4.79 Å². The molecule has 166 valence electrons. The highest BCUT2D eigenvalue weighted by Gasteiger charge is 2.30. The van der Waals surface area contributed by atoms with Gasteiger partial charge in [-0.05, 0) is 106 Å². The molecule has 0 radical (unpaired) electrons. The summed E-state index contributed by atoms with van der Waals surface area (Å²) in [6.07, 6.45) is 4.25. The number of carboxylic acids is 1. The Labute approximate surface area is 184 Å². The van der Waals surface area contributed by atoms with Gasteiger partial charge in [-0.1, -0.05) is 13.0 Å². The Hall–Kier alpha value is -3.08. The molecule has 31 heavy (non-hydrogen) atoms. The molecule has 5 nitrogen and oxygen atoms in total. The zero-order valence-electron chi connectivity index (χ0n) is 19.5. The second kappa shape index (κ2) is 9.82. The summed E-state index contributed by atoms with van der Waals surface area (Å²) in [6, 6.07) is 7.46. The first-order chi connectivity index (χ1) is 14.5. The number of rotatable bonds is 9. The number of carboxylic acid groups (broad SMARTS) is 1. The molecule has 2 rings (SSSR count). The molecule has 0 aliphatic carbocycles. The molecule has 0 aromatic heterocycles. The molecule has 5 heteroatoms. The molecule has 0 amide bonds. The van der Waals surface area contributed by atoms with Crippen molar-refractivity contribution in [2.24, 2.45) is 0 Å². The van der Waals surface area contributed by atoms with E-state index in [4.69, 9.17) is 9.47 Å². The fourth-order valence-electron chi connectivity index (χ4n) is 3.33. The van der Waals surface area contributed by atoms with Gasteiger partial charge in [-0.25, -0.2) is 4.79 Å². The second-order valence-corrected chi connectivity index (χ2v) is 8.39. The van der Waals surface area contributed by atoms with Crippen LogP contribution in [0, 0.1) is 27.7 Å². The van der Waals surface area contributed by atoms with E-state index >= 15 is 0 Å². The minimum atomic E-state index is -1.33. The molecule has 0 fully saturated rings. The molecule has 0 aliphatic rings. The lowest BCUT2D eigenvalue weighted by Crippen LogP contribution is -2.38. The van der Waals surface area contributed by atoms with Crippen LogP contribution in [0.25, 0.3) is 6.08 Å². The lowest BCUT2D eigenvalue weighted by atomic mass is 10.0. The molecular weight excluding hydrogens is 392 g/mol. The quantitative estimate of drug-likeness (QED) is 0.404. The van der Waals surface area contributed by atoms with E-state index in [1.807, 2.05) is 52.0 Å². The van der Waals surface area contributed by atoms with Crippen LogP contribution in [0.5, 0.6) is 11.5 Å².